The summed E-state index contributed by atoms with van der Waals surface area (Å²) in [6.45, 7) is 1.86. The molecule has 0 radical (unpaired) electrons. The van der Waals surface area contributed by atoms with E-state index in [0.717, 1.165) is 24.0 Å². The first-order valence-electron chi connectivity index (χ1n) is 11.4. The molecule has 188 valence electrons. The number of benzene rings is 2. The fraction of sp³-hybridized carbons (Fsp3) is 0.400. The van der Waals surface area contributed by atoms with E-state index in [0.29, 0.717) is 35.7 Å². The van der Waals surface area contributed by atoms with Gasteiger partial charge in [-0.15, -0.1) is 13.2 Å². The Kier molecular flexibility index (Phi) is 7.59. The highest BCUT2D eigenvalue weighted by Crippen LogP contribution is 2.36. The van der Waals surface area contributed by atoms with Crippen molar-refractivity contribution < 1.29 is 27.4 Å². The van der Waals surface area contributed by atoms with Crippen LogP contribution in [0.15, 0.2) is 42.5 Å². The van der Waals surface area contributed by atoms with E-state index in [1.807, 2.05) is 18.2 Å². The van der Waals surface area contributed by atoms with Crippen LogP contribution in [-0.4, -0.2) is 48.5 Å². The fourth-order valence-corrected chi connectivity index (χ4v) is 4.95. The Morgan fingerprint density at radius 1 is 1.17 bits per heavy atom. The van der Waals surface area contributed by atoms with E-state index in [4.69, 9.17) is 22.1 Å². The van der Waals surface area contributed by atoms with Crippen molar-refractivity contribution in [3.05, 3.63) is 64.3 Å². The van der Waals surface area contributed by atoms with Gasteiger partial charge in [-0.05, 0) is 48.1 Å². The van der Waals surface area contributed by atoms with Gasteiger partial charge in [-0.25, -0.2) is 0 Å². The number of hydrogen-bond donors (Lipinski definition) is 1. The molecule has 2 heterocycles. The fourth-order valence-electron chi connectivity index (χ4n) is 4.68. The zero-order valence-corrected chi connectivity index (χ0v) is 20.0. The van der Waals surface area contributed by atoms with Crippen molar-refractivity contribution in [3.63, 3.8) is 0 Å². The van der Waals surface area contributed by atoms with Crippen LogP contribution in [0, 0.1) is 0 Å². The molecule has 1 aliphatic heterocycles. The summed E-state index contributed by atoms with van der Waals surface area (Å²) in [5.74, 6) is -0.391. The van der Waals surface area contributed by atoms with Crippen molar-refractivity contribution in [1.82, 2.24) is 9.47 Å². The van der Waals surface area contributed by atoms with E-state index in [-0.39, 0.29) is 36.2 Å². The van der Waals surface area contributed by atoms with Gasteiger partial charge < -0.3 is 24.7 Å². The number of hydrogen-bond acceptors (Lipinski definition) is 4. The number of piperidine rings is 1. The average Bonchev–Trinajstić information content (AvgIpc) is 3.21. The SMILES string of the molecule is COCCn1c(C(=O)N2CCC(c3cc(CN)ccc3Cl)CC2)cc2cccc(OC(F)(F)F)c21. The van der Waals surface area contributed by atoms with Crippen LogP contribution < -0.4 is 10.5 Å². The maximum atomic E-state index is 13.5. The standard InChI is InChI=1S/C25H27ClF3N3O3/c1-34-12-11-32-21(14-18-3-2-4-22(23(18)32)35-25(27,28)29)24(33)31-9-7-17(8-10-31)19-13-16(15-30)5-6-20(19)26/h2-6,13-14,17H,7-12,15,30H2,1H3. The molecular formula is C25H27ClF3N3O3. The highest BCUT2D eigenvalue weighted by molar-refractivity contribution is 6.31. The molecule has 2 aromatic carbocycles. The summed E-state index contributed by atoms with van der Waals surface area (Å²) in [6.07, 6.45) is -3.40. The number of ether oxygens (including phenoxy) is 2. The number of rotatable bonds is 7. The number of para-hydroxylation sites is 1. The molecule has 0 spiro atoms. The van der Waals surface area contributed by atoms with E-state index >= 15 is 0 Å². The van der Waals surface area contributed by atoms with E-state index < -0.39 is 6.36 Å². The molecule has 0 unspecified atom stereocenters. The number of methoxy groups -OCH3 is 1. The van der Waals surface area contributed by atoms with E-state index in [2.05, 4.69) is 4.74 Å². The predicted molar refractivity (Wildman–Crippen MR) is 128 cm³/mol. The van der Waals surface area contributed by atoms with Crippen LogP contribution in [0.5, 0.6) is 5.75 Å². The first-order chi connectivity index (χ1) is 16.7. The maximum absolute atomic E-state index is 13.5. The molecule has 4 rings (SSSR count). The maximum Gasteiger partial charge on any atom is 0.573 e. The van der Waals surface area contributed by atoms with Gasteiger partial charge in [0.1, 0.15) is 5.69 Å². The van der Waals surface area contributed by atoms with Crippen LogP contribution in [-0.2, 0) is 17.8 Å². The second-order valence-corrected chi connectivity index (χ2v) is 8.95. The van der Waals surface area contributed by atoms with E-state index in [9.17, 15) is 18.0 Å². The van der Waals surface area contributed by atoms with Gasteiger partial charge in [-0.3, -0.25) is 4.79 Å². The van der Waals surface area contributed by atoms with Gasteiger partial charge in [0, 0.05) is 43.7 Å². The lowest BCUT2D eigenvalue weighted by Crippen LogP contribution is -2.39. The quantitative estimate of drug-likeness (QED) is 0.468. The predicted octanol–water partition coefficient (Wildman–Crippen LogP) is 5.32. The number of aromatic nitrogens is 1. The third-order valence-electron chi connectivity index (χ3n) is 6.37. The number of fused-ring (bicyclic) bond motifs is 1. The van der Waals surface area contributed by atoms with Crippen molar-refractivity contribution >= 4 is 28.4 Å². The minimum absolute atomic E-state index is 0.198. The molecule has 1 saturated heterocycles. The summed E-state index contributed by atoms with van der Waals surface area (Å²) in [6, 6.07) is 11.8. The molecule has 1 aliphatic rings. The molecule has 10 heteroatoms. The largest absolute Gasteiger partial charge is 0.573 e. The van der Waals surface area contributed by atoms with Crippen LogP contribution in [0.25, 0.3) is 10.9 Å². The number of carbonyl (C=O) groups excluding carboxylic acids is 1. The second kappa shape index (κ2) is 10.5. The van der Waals surface area contributed by atoms with Crippen molar-refractivity contribution in [2.45, 2.75) is 38.2 Å². The Labute approximate surface area is 206 Å². The highest BCUT2D eigenvalue weighted by atomic mass is 35.5. The number of carbonyl (C=O) groups is 1. The third kappa shape index (κ3) is 5.58. The topological polar surface area (TPSA) is 69.7 Å². The van der Waals surface area contributed by atoms with Gasteiger partial charge in [0.15, 0.2) is 5.75 Å². The normalized spacial score (nSPS) is 15.1. The van der Waals surface area contributed by atoms with Gasteiger partial charge in [0.2, 0.25) is 0 Å². The molecule has 0 aliphatic carbocycles. The molecule has 0 atom stereocenters. The zero-order chi connectivity index (χ0) is 25.2. The van der Waals surface area contributed by atoms with Crippen LogP contribution in [0.1, 0.15) is 40.4 Å². The number of likely N-dealkylation sites (tertiary alicyclic amines) is 1. The summed E-state index contributed by atoms with van der Waals surface area (Å²) in [5, 5.41) is 1.18. The van der Waals surface area contributed by atoms with Crippen LogP contribution in [0.2, 0.25) is 5.02 Å². The van der Waals surface area contributed by atoms with Crippen molar-refractivity contribution in [2.24, 2.45) is 5.73 Å². The number of nitrogens with two attached hydrogens (primary N) is 1. The lowest BCUT2D eigenvalue weighted by molar-refractivity contribution is -0.274. The lowest BCUT2D eigenvalue weighted by atomic mass is 9.88. The Balaban J connectivity index is 1.60. The first-order valence-corrected chi connectivity index (χ1v) is 11.7. The summed E-state index contributed by atoms with van der Waals surface area (Å²) in [5.41, 5.74) is 8.32. The Morgan fingerprint density at radius 2 is 1.91 bits per heavy atom. The van der Waals surface area contributed by atoms with E-state index in [1.165, 1.54) is 19.2 Å². The van der Waals surface area contributed by atoms with Crippen molar-refractivity contribution in [3.8, 4) is 5.75 Å². The molecule has 3 aromatic rings. The summed E-state index contributed by atoms with van der Waals surface area (Å²) in [4.78, 5) is 15.3. The molecule has 0 saturated carbocycles. The summed E-state index contributed by atoms with van der Waals surface area (Å²) < 4.78 is 50.0. The molecule has 0 bridgehead atoms. The molecule has 2 N–H and O–H groups in total. The average molecular weight is 510 g/mol. The number of nitrogens with zero attached hydrogens (tertiary/aromatic N) is 2. The molecule has 1 fully saturated rings. The molecular weight excluding hydrogens is 483 g/mol. The zero-order valence-electron chi connectivity index (χ0n) is 19.3. The minimum atomic E-state index is -4.85. The summed E-state index contributed by atoms with van der Waals surface area (Å²) in [7, 11) is 1.50. The van der Waals surface area contributed by atoms with Crippen LogP contribution >= 0.6 is 11.6 Å². The lowest BCUT2D eigenvalue weighted by Gasteiger charge is -2.33. The number of amides is 1. The first kappa shape index (κ1) is 25.3. The number of alkyl halides is 3. The van der Waals surface area contributed by atoms with Crippen LogP contribution in [0.4, 0.5) is 13.2 Å². The van der Waals surface area contributed by atoms with E-state index in [1.54, 1.807) is 21.6 Å². The van der Waals surface area contributed by atoms with Gasteiger partial charge in [0.05, 0.1) is 12.1 Å². The molecule has 6 nitrogen and oxygen atoms in total. The van der Waals surface area contributed by atoms with Crippen molar-refractivity contribution in [1.29, 1.82) is 0 Å². The van der Waals surface area contributed by atoms with Gasteiger partial charge in [0.25, 0.3) is 5.91 Å². The Morgan fingerprint density at radius 3 is 2.57 bits per heavy atom. The van der Waals surface area contributed by atoms with Gasteiger partial charge in [-0.2, -0.15) is 0 Å². The van der Waals surface area contributed by atoms with Gasteiger partial charge >= 0.3 is 6.36 Å². The monoisotopic (exact) mass is 509 g/mol. The summed E-state index contributed by atoms with van der Waals surface area (Å²) >= 11 is 6.43. The van der Waals surface area contributed by atoms with Gasteiger partial charge in [-0.1, -0.05) is 35.9 Å². The second-order valence-electron chi connectivity index (χ2n) is 8.54. The Bertz CT molecular complexity index is 1200. The molecule has 1 aromatic heterocycles. The molecule has 1 amide bonds. The minimum Gasteiger partial charge on any atom is -0.404 e. The molecule has 35 heavy (non-hydrogen) atoms. The third-order valence-corrected chi connectivity index (χ3v) is 6.71. The highest BCUT2D eigenvalue weighted by Gasteiger charge is 2.33. The number of halogens is 4. The Hall–Kier alpha value is -2.75. The van der Waals surface area contributed by atoms with Crippen LogP contribution in [0.3, 0.4) is 0 Å². The van der Waals surface area contributed by atoms with Crippen molar-refractivity contribution in [2.75, 3.05) is 26.8 Å². The smallest absolute Gasteiger partial charge is 0.404 e.